The molecule has 2 nitrogen and oxygen atoms in total. The number of rotatable bonds is 2. The van der Waals surface area contributed by atoms with Gasteiger partial charge in [0.15, 0.2) is 0 Å². The minimum absolute atomic E-state index is 0.405. The lowest BCUT2D eigenvalue weighted by Gasteiger charge is -2.31. The van der Waals surface area contributed by atoms with Crippen LogP contribution in [0, 0.1) is 5.41 Å². The molecule has 0 aromatic carbocycles. The quantitative estimate of drug-likeness (QED) is 0.678. The van der Waals surface area contributed by atoms with Gasteiger partial charge in [-0.05, 0) is 32.7 Å². The van der Waals surface area contributed by atoms with Gasteiger partial charge in [-0.15, -0.1) is 0 Å². The summed E-state index contributed by atoms with van der Waals surface area (Å²) in [6, 6.07) is 0. The highest BCUT2D eigenvalue weighted by molar-refractivity contribution is 5.02. The molecule has 0 aliphatic carbocycles. The van der Waals surface area contributed by atoms with E-state index in [0.29, 0.717) is 5.41 Å². The van der Waals surface area contributed by atoms with E-state index in [1.54, 1.807) is 0 Å². The minimum atomic E-state index is 0.405. The molecule has 1 rings (SSSR count). The van der Waals surface area contributed by atoms with E-state index in [-0.39, 0.29) is 0 Å². The lowest BCUT2D eigenvalue weighted by molar-refractivity contribution is 0.220. The van der Waals surface area contributed by atoms with Gasteiger partial charge in [-0.25, -0.2) is 0 Å². The molecule has 0 aromatic heterocycles. The second kappa shape index (κ2) is 4.94. The van der Waals surface area contributed by atoms with Gasteiger partial charge in [-0.1, -0.05) is 18.6 Å². The number of nitrogens with one attached hydrogen (secondary N) is 1. The molecule has 1 fully saturated rings. The van der Waals surface area contributed by atoms with Crippen LogP contribution >= 0.6 is 0 Å². The highest BCUT2D eigenvalue weighted by atomic mass is 15.1. The Balaban J connectivity index is 2.60. The molecular weight excluding hydrogens is 172 g/mol. The Hall–Kier alpha value is -0.340. The largest absolute Gasteiger partial charge is 0.315 e. The summed E-state index contributed by atoms with van der Waals surface area (Å²) in [6.07, 6.45) is 3.44. The topological polar surface area (TPSA) is 15.3 Å². The van der Waals surface area contributed by atoms with Gasteiger partial charge in [-0.3, -0.25) is 0 Å². The van der Waals surface area contributed by atoms with Crippen LogP contribution in [-0.2, 0) is 0 Å². The minimum Gasteiger partial charge on any atom is -0.315 e. The van der Waals surface area contributed by atoms with Crippen molar-refractivity contribution in [1.29, 1.82) is 0 Å². The van der Waals surface area contributed by atoms with Crippen molar-refractivity contribution in [2.45, 2.75) is 27.2 Å². The first-order chi connectivity index (χ1) is 6.56. The molecule has 14 heavy (non-hydrogen) atoms. The van der Waals surface area contributed by atoms with E-state index in [4.69, 9.17) is 0 Å². The van der Waals surface area contributed by atoms with Gasteiger partial charge in [0.25, 0.3) is 0 Å². The fourth-order valence-corrected chi connectivity index (χ4v) is 2.34. The van der Waals surface area contributed by atoms with Crippen LogP contribution in [0.4, 0.5) is 0 Å². The Labute approximate surface area is 88.4 Å². The normalized spacial score (nSPS) is 31.6. The fourth-order valence-electron chi connectivity index (χ4n) is 2.34. The highest BCUT2D eigenvalue weighted by Crippen LogP contribution is 2.27. The number of hydrogen-bond acceptors (Lipinski definition) is 2. The van der Waals surface area contributed by atoms with Gasteiger partial charge in [-0.2, -0.15) is 0 Å². The van der Waals surface area contributed by atoms with Crippen LogP contribution in [0.3, 0.4) is 0 Å². The summed E-state index contributed by atoms with van der Waals surface area (Å²) in [5.74, 6) is 0. The standard InChI is InChI=1S/C12H24N2/c1-5-11(2)8-12(3)9-13-6-7-14(4)10-12/h5,13H,6-10H2,1-4H3. The maximum Gasteiger partial charge on any atom is 0.0104 e. The predicted octanol–water partition coefficient (Wildman–Crippen LogP) is 1.88. The average Bonchev–Trinajstić information content (AvgIpc) is 2.26. The lowest BCUT2D eigenvalue weighted by Crippen LogP contribution is -2.36. The molecule has 0 amide bonds. The molecule has 0 bridgehead atoms. The van der Waals surface area contributed by atoms with Crippen LogP contribution in [0.1, 0.15) is 27.2 Å². The summed E-state index contributed by atoms with van der Waals surface area (Å²) in [6.45, 7) is 11.4. The Kier molecular flexibility index (Phi) is 4.14. The molecule has 0 radical (unpaired) electrons. The molecule has 1 saturated heterocycles. The monoisotopic (exact) mass is 196 g/mol. The maximum atomic E-state index is 3.53. The van der Waals surface area contributed by atoms with Crippen molar-refractivity contribution in [2.75, 3.05) is 33.2 Å². The SMILES string of the molecule is CC=C(C)CC1(C)CNCCN(C)C1. The van der Waals surface area contributed by atoms with E-state index in [0.717, 1.165) is 13.1 Å². The van der Waals surface area contributed by atoms with Gasteiger partial charge in [0, 0.05) is 26.2 Å². The summed E-state index contributed by atoms with van der Waals surface area (Å²) in [4.78, 5) is 2.43. The van der Waals surface area contributed by atoms with Crippen molar-refractivity contribution in [3.05, 3.63) is 11.6 Å². The van der Waals surface area contributed by atoms with E-state index in [1.165, 1.54) is 25.1 Å². The first-order valence-electron chi connectivity index (χ1n) is 5.57. The Morgan fingerprint density at radius 3 is 2.93 bits per heavy atom. The zero-order valence-electron chi connectivity index (χ0n) is 10.1. The van der Waals surface area contributed by atoms with Crippen molar-refractivity contribution >= 4 is 0 Å². The van der Waals surface area contributed by atoms with Crippen LogP contribution in [-0.4, -0.2) is 38.1 Å². The molecule has 0 spiro atoms. The zero-order valence-corrected chi connectivity index (χ0v) is 10.1. The van der Waals surface area contributed by atoms with Crippen LogP contribution in [0.15, 0.2) is 11.6 Å². The molecule has 82 valence electrons. The fraction of sp³-hybridized carbons (Fsp3) is 0.833. The summed E-state index contributed by atoms with van der Waals surface area (Å²) >= 11 is 0. The molecule has 1 aliphatic rings. The summed E-state index contributed by atoms with van der Waals surface area (Å²) in [7, 11) is 2.22. The first kappa shape index (κ1) is 11.7. The smallest absolute Gasteiger partial charge is 0.0104 e. The zero-order chi connectivity index (χ0) is 10.6. The van der Waals surface area contributed by atoms with E-state index in [9.17, 15) is 0 Å². The Bertz CT molecular complexity index is 210. The second-order valence-corrected chi connectivity index (χ2v) is 5.04. The van der Waals surface area contributed by atoms with Crippen molar-refractivity contribution in [2.24, 2.45) is 5.41 Å². The summed E-state index contributed by atoms with van der Waals surface area (Å²) < 4.78 is 0. The van der Waals surface area contributed by atoms with Crippen molar-refractivity contribution in [1.82, 2.24) is 10.2 Å². The second-order valence-electron chi connectivity index (χ2n) is 5.04. The molecule has 1 atom stereocenters. The first-order valence-corrected chi connectivity index (χ1v) is 5.57. The number of likely N-dealkylation sites (N-methyl/N-ethyl adjacent to an activating group) is 1. The molecular formula is C12H24N2. The molecule has 2 heteroatoms. The molecule has 0 aromatic rings. The van der Waals surface area contributed by atoms with Gasteiger partial charge in [0.05, 0.1) is 0 Å². The van der Waals surface area contributed by atoms with Crippen LogP contribution in [0.5, 0.6) is 0 Å². The van der Waals surface area contributed by atoms with Crippen molar-refractivity contribution in [3.8, 4) is 0 Å². The van der Waals surface area contributed by atoms with Crippen molar-refractivity contribution in [3.63, 3.8) is 0 Å². The molecule has 0 saturated carbocycles. The molecule has 1 unspecified atom stereocenters. The van der Waals surface area contributed by atoms with E-state index in [2.05, 4.69) is 44.1 Å². The van der Waals surface area contributed by atoms with Crippen LogP contribution in [0.2, 0.25) is 0 Å². The van der Waals surface area contributed by atoms with E-state index < -0.39 is 0 Å². The third kappa shape index (κ3) is 3.43. The molecule has 1 N–H and O–H groups in total. The van der Waals surface area contributed by atoms with Gasteiger partial charge in [0.1, 0.15) is 0 Å². The Morgan fingerprint density at radius 1 is 1.57 bits per heavy atom. The van der Waals surface area contributed by atoms with E-state index in [1.807, 2.05) is 0 Å². The summed E-state index contributed by atoms with van der Waals surface area (Å²) in [5, 5.41) is 3.53. The summed E-state index contributed by atoms with van der Waals surface area (Å²) in [5.41, 5.74) is 1.91. The van der Waals surface area contributed by atoms with Crippen molar-refractivity contribution < 1.29 is 0 Å². The van der Waals surface area contributed by atoms with Gasteiger partial charge in [0.2, 0.25) is 0 Å². The predicted molar refractivity (Wildman–Crippen MR) is 62.5 cm³/mol. The number of hydrogen-bond donors (Lipinski definition) is 1. The van der Waals surface area contributed by atoms with Gasteiger partial charge >= 0.3 is 0 Å². The number of nitrogens with zero attached hydrogens (tertiary/aromatic N) is 1. The highest BCUT2D eigenvalue weighted by Gasteiger charge is 2.27. The van der Waals surface area contributed by atoms with Gasteiger partial charge < -0.3 is 10.2 Å². The maximum absolute atomic E-state index is 3.53. The Morgan fingerprint density at radius 2 is 2.29 bits per heavy atom. The lowest BCUT2D eigenvalue weighted by atomic mass is 9.83. The third-order valence-corrected chi connectivity index (χ3v) is 3.07. The van der Waals surface area contributed by atoms with Crippen LogP contribution < -0.4 is 5.32 Å². The number of allylic oxidation sites excluding steroid dienone is 2. The third-order valence-electron chi connectivity index (χ3n) is 3.07. The molecule has 1 heterocycles. The van der Waals surface area contributed by atoms with E-state index >= 15 is 0 Å². The van der Waals surface area contributed by atoms with Crippen LogP contribution in [0.25, 0.3) is 0 Å². The molecule has 1 aliphatic heterocycles. The average molecular weight is 196 g/mol.